The van der Waals surface area contributed by atoms with Gasteiger partial charge >= 0.3 is 0 Å². The number of anilines is 2. The van der Waals surface area contributed by atoms with E-state index in [9.17, 15) is 4.55 Å². The molecule has 34 heavy (non-hydrogen) atoms. The van der Waals surface area contributed by atoms with E-state index < -0.39 is 11.4 Å². The number of nitrogens with one attached hydrogen (secondary N) is 1. The van der Waals surface area contributed by atoms with Crippen LogP contribution >= 0.6 is 11.6 Å². The molecule has 3 rings (SSSR count). The van der Waals surface area contributed by atoms with E-state index in [0.717, 1.165) is 5.56 Å². The molecule has 0 aliphatic heterocycles. The van der Waals surface area contributed by atoms with Crippen LogP contribution in [0.1, 0.15) is 37.5 Å². The molecule has 178 valence electrons. The van der Waals surface area contributed by atoms with Gasteiger partial charge in [0.25, 0.3) is 0 Å². The normalized spacial score (nSPS) is 12.1. The second-order valence-corrected chi connectivity index (χ2v) is 10.4. The maximum absolute atomic E-state index is 13.2. The van der Waals surface area contributed by atoms with Crippen LogP contribution < -0.4 is 14.4 Å². The lowest BCUT2D eigenvalue weighted by Gasteiger charge is -2.26. The number of ether oxygens (including phenoxy) is 1. The maximum atomic E-state index is 13.2. The van der Waals surface area contributed by atoms with Crippen molar-refractivity contribution in [3.05, 3.63) is 95.8 Å². The lowest BCUT2D eigenvalue weighted by molar-refractivity contribution is 0.414. The minimum Gasteiger partial charge on any atom is -0.588 e. The van der Waals surface area contributed by atoms with Crippen LogP contribution in [0.25, 0.3) is 5.70 Å². The van der Waals surface area contributed by atoms with E-state index in [0.29, 0.717) is 38.4 Å². The molecule has 0 saturated heterocycles. The van der Waals surface area contributed by atoms with Crippen molar-refractivity contribution in [3.8, 4) is 5.75 Å². The Balaban J connectivity index is 1.99. The molecule has 1 aromatic heterocycles. The molecule has 1 atom stereocenters. The van der Waals surface area contributed by atoms with Gasteiger partial charge in [0.1, 0.15) is 11.4 Å². The van der Waals surface area contributed by atoms with E-state index in [1.165, 1.54) is 5.56 Å². The minimum absolute atomic E-state index is 0.0202. The zero-order valence-electron chi connectivity index (χ0n) is 20.2. The topological polar surface area (TPSA) is 60.5 Å². The number of benzene rings is 2. The van der Waals surface area contributed by atoms with E-state index in [1.54, 1.807) is 42.6 Å². The van der Waals surface area contributed by atoms with Gasteiger partial charge in [-0.1, -0.05) is 57.7 Å². The molecule has 5 nitrogen and oxygen atoms in total. The lowest BCUT2D eigenvalue weighted by atomic mass is 9.87. The van der Waals surface area contributed by atoms with Gasteiger partial charge in [-0.05, 0) is 59.9 Å². The number of hydrogen-bond acceptors (Lipinski definition) is 5. The Labute approximate surface area is 210 Å². The van der Waals surface area contributed by atoms with Crippen LogP contribution in [0.3, 0.4) is 0 Å². The minimum atomic E-state index is -1.50. The Morgan fingerprint density at radius 1 is 1.18 bits per heavy atom. The zero-order valence-corrected chi connectivity index (χ0v) is 21.8. The van der Waals surface area contributed by atoms with Crippen molar-refractivity contribution in [1.82, 2.24) is 4.98 Å². The smallest absolute Gasteiger partial charge is 0.179 e. The van der Waals surface area contributed by atoms with Crippen LogP contribution in [0.15, 0.2) is 79.0 Å². The molecular formula is C27H30ClN3O2S. The maximum Gasteiger partial charge on any atom is 0.179 e. The summed E-state index contributed by atoms with van der Waals surface area (Å²) in [6.07, 6.45) is 3.28. The van der Waals surface area contributed by atoms with Gasteiger partial charge in [-0.15, -0.1) is 0 Å². The first-order chi connectivity index (χ1) is 16.1. The molecule has 7 heteroatoms. The van der Waals surface area contributed by atoms with Gasteiger partial charge in [0.2, 0.25) is 0 Å². The summed E-state index contributed by atoms with van der Waals surface area (Å²) in [7, 11) is 1.58. The van der Waals surface area contributed by atoms with Crippen molar-refractivity contribution in [2.75, 3.05) is 16.7 Å². The van der Waals surface area contributed by atoms with Crippen LogP contribution in [-0.4, -0.2) is 16.6 Å². The summed E-state index contributed by atoms with van der Waals surface area (Å²) in [5.41, 5.74) is 3.89. The van der Waals surface area contributed by atoms with Gasteiger partial charge in [-0.25, -0.2) is 9.71 Å². The highest BCUT2D eigenvalue weighted by molar-refractivity contribution is 7.92. The number of aromatic nitrogens is 1. The Bertz CT molecular complexity index is 1190. The lowest BCUT2D eigenvalue weighted by Crippen LogP contribution is -2.20. The number of pyridine rings is 1. The predicted octanol–water partition coefficient (Wildman–Crippen LogP) is 7.11. The first-order valence-corrected chi connectivity index (χ1v) is 12.3. The third kappa shape index (κ3) is 5.41. The van der Waals surface area contributed by atoms with E-state index in [2.05, 4.69) is 43.6 Å². The largest absolute Gasteiger partial charge is 0.588 e. The Hall–Kier alpha value is -2.93. The summed E-state index contributed by atoms with van der Waals surface area (Å²) in [5, 5.41) is 0.569. The number of hydrogen-bond donors (Lipinski definition) is 1. The fourth-order valence-corrected chi connectivity index (χ4v) is 4.58. The molecule has 2 aromatic carbocycles. The molecule has 0 saturated carbocycles. The second-order valence-electron chi connectivity index (χ2n) is 8.77. The third-order valence-corrected chi connectivity index (χ3v) is 7.01. The van der Waals surface area contributed by atoms with Gasteiger partial charge in [-0.2, -0.15) is 0 Å². The molecule has 0 radical (unpaired) electrons. The molecule has 0 fully saturated rings. The van der Waals surface area contributed by atoms with Gasteiger partial charge in [0, 0.05) is 28.7 Å². The summed E-state index contributed by atoms with van der Waals surface area (Å²) < 4.78 is 21.8. The van der Waals surface area contributed by atoms with E-state index in [-0.39, 0.29) is 5.41 Å². The molecule has 3 aromatic rings. The highest BCUT2D eigenvalue weighted by atomic mass is 35.5. The highest BCUT2D eigenvalue weighted by Gasteiger charge is 2.23. The summed E-state index contributed by atoms with van der Waals surface area (Å²) in [6.45, 7) is 16.6. The fraction of sp³-hybridized carbons (Fsp3) is 0.222. The fourth-order valence-electron chi connectivity index (χ4n) is 3.55. The van der Waals surface area contributed by atoms with Crippen molar-refractivity contribution in [3.63, 3.8) is 0 Å². The molecule has 0 aliphatic carbocycles. The molecule has 0 amide bonds. The summed E-state index contributed by atoms with van der Waals surface area (Å²) >= 11 is 4.97. The number of halogens is 1. The van der Waals surface area contributed by atoms with Gasteiger partial charge in [0.15, 0.2) is 16.5 Å². The number of methoxy groups -OCH3 is 1. The molecule has 0 bridgehead atoms. The molecule has 1 unspecified atom stereocenters. The van der Waals surface area contributed by atoms with Crippen molar-refractivity contribution in [1.29, 1.82) is 0 Å². The first kappa shape index (κ1) is 25.7. The van der Waals surface area contributed by atoms with Crippen LogP contribution in [0.4, 0.5) is 11.5 Å². The Morgan fingerprint density at radius 2 is 1.85 bits per heavy atom. The van der Waals surface area contributed by atoms with Crippen LogP contribution in [0.2, 0.25) is 5.02 Å². The van der Waals surface area contributed by atoms with Gasteiger partial charge in [-0.3, -0.25) is 4.90 Å². The van der Waals surface area contributed by atoms with Gasteiger partial charge in [0.05, 0.1) is 12.8 Å². The standard InChI is InChI=1S/C27H30ClN3O2S/c1-8-31(26-24(33-7)10-9-17-29-26)19(3)25-18(2)22(28)15-16-23(25)30-34(32)21-13-11-20(12-14-21)27(4,5)6/h8-17,30H,1,3H2,2,4-7H3. The average molecular weight is 496 g/mol. The van der Waals surface area contributed by atoms with E-state index in [4.69, 9.17) is 16.3 Å². The molecule has 1 heterocycles. The summed E-state index contributed by atoms with van der Waals surface area (Å²) in [4.78, 5) is 6.84. The number of nitrogens with zero attached hydrogens (tertiary/aromatic N) is 2. The van der Waals surface area contributed by atoms with Gasteiger partial charge < -0.3 is 9.29 Å². The van der Waals surface area contributed by atoms with Crippen LogP contribution in [0.5, 0.6) is 5.75 Å². The second kappa shape index (κ2) is 10.6. The van der Waals surface area contributed by atoms with Crippen LogP contribution in [-0.2, 0) is 16.8 Å². The molecule has 0 spiro atoms. The summed E-state index contributed by atoms with van der Waals surface area (Å²) in [5.74, 6) is 1.11. The number of rotatable bonds is 8. The SMILES string of the molecule is C=CN(C(=C)c1c(N[S+]([O-])c2ccc(C(C)(C)C)cc2)ccc(Cl)c1C)c1ncccc1OC. The van der Waals surface area contributed by atoms with Crippen molar-refractivity contribution >= 4 is 40.2 Å². The molecular weight excluding hydrogens is 466 g/mol. The molecule has 1 N–H and O–H groups in total. The highest BCUT2D eigenvalue weighted by Crippen LogP contribution is 2.38. The Kier molecular flexibility index (Phi) is 7.97. The summed E-state index contributed by atoms with van der Waals surface area (Å²) in [6, 6.07) is 15.0. The third-order valence-electron chi connectivity index (χ3n) is 5.50. The van der Waals surface area contributed by atoms with E-state index in [1.807, 2.05) is 37.3 Å². The zero-order chi connectivity index (χ0) is 25.0. The van der Waals surface area contributed by atoms with E-state index >= 15 is 0 Å². The molecule has 0 aliphatic rings. The van der Waals surface area contributed by atoms with Crippen molar-refractivity contribution in [2.45, 2.75) is 38.0 Å². The average Bonchev–Trinajstić information content (AvgIpc) is 2.81. The quantitative estimate of drug-likeness (QED) is 0.337. The van der Waals surface area contributed by atoms with Crippen molar-refractivity contribution in [2.24, 2.45) is 0 Å². The van der Waals surface area contributed by atoms with Crippen LogP contribution in [0, 0.1) is 6.92 Å². The monoisotopic (exact) mass is 495 g/mol. The predicted molar refractivity (Wildman–Crippen MR) is 144 cm³/mol. The Morgan fingerprint density at radius 3 is 2.44 bits per heavy atom. The van der Waals surface area contributed by atoms with Crippen molar-refractivity contribution < 1.29 is 9.29 Å². The first-order valence-electron chi connectivity index (χ1n) is 10.8.